The number of rotatable bonds is 9. The molecule has 0 spiro atoms. The summed E-state index contributed by atoms with van der Waals surface area (Å²) in [6, 6.07) is 44.0. The summed E-state index contributed by atoms with van der Waals surface area (Å²) in [6.07, 6.45) is 0. The number of nitrogens with one attached hydrogen (secondary N) is 1. The summed E-state index contributed by atoms with van der Waals surface area (Å²) in [4.78, 5) is 17.4. The first-order chi connectivity index (χ1) is 20.7. The molecule has 214 valence electrons. The highest BCUT2D eigenvalue weighted by atomic mass is 16.5. The third-order valence-corrected chi connectivity index (χ3v) is 7.04. The van der Waals surface area contributed by atoms with Crippen LogP contribution >= 0.6 is 0 Å². The fourth-order valence-electron chi connectivity index (χ4n) is 4.99. The number of hydrogen-bond donors (Lipinski definition) is 1. The Labute approximate surface area is 252 Å². The molecule has 1 heterocycles. The van der Waals surface area contributed by atoms with Gasteiger partial charge in [-0.25, -0.2) is 4.98 Å². The lowest BCUT2D eigenvalue weighted by Gasteiger charge is -2.13. The van der Waals surface area contributed by atoms with Crippen molar-refractivity contribution in [2.45, 2.75) is 21.0 Å². The second-order valence-corrected chi connectivity index (χ2v) is 10.0. The predicted octanol–water partition coefficient (Wildman–Crippen LogP) is 9.44. The van der Waals surface area contributed by atoms with Crippen molar-refractivity contribution >= 4 is 11.7 Å². The molecular formula is C38H34N2O3. The second kappa shape index (κ2) is 13.5. The van der Waals surface area contributed by atoms with Gasteiger partial charge in [-0.2, -0.15) is 0 Å². The van der Waals surface area contributed by atoms with E-state index in [1.807, 2.05) is 121 Å². The second-order valence-electron chi connectivity index (χ2n) is 10.0. The van der Waals surface area contributed by atoms with Gasteiger partial charge in [-0.3, -0.25) is 4.79 Å². The average molecular weight is 567 g/mol. The van der Waals surface area contributed by atoms with Gasteiger partial charge in [0.05, 0.1) is 0 Å². The summed E-state index contributed by atoms with van der Waals surface area (Å²) in [5.74, 6) is 0.963. The monoisotopic (exact) mass is 566 g/mol. The summed E-state index contributed by atoms with van der Waals surface area (Å²) >= 11 is 0. The standard InChI is InChI=1S/C37H30N2O3.CH4/c1-26-13-11-22-32(37-39-35(28-16-7-3-8-17-28)36(42-37)29-18-9-4-10-19-29)34(26)30-20-12-21-31(23-30)38-24-33(40)41-25-27-14-5-2-6-15-27;/h2-23,38H,24-25H2,1H3;1H4. The largest absolute Gasteiger partial charge is 0.460 e. The van der Waals surface area contributed by atoms with Crippen molar-refractivity contribution < 1.29 is 13.9 Å². The van der Waals surface area contributed by atoms with E-state index in [0.717, 1.165) is 56.1 Å². The predicted molar refractivity (Wildman–Crippen MR) is 174 cm³/mol. The van der Waals surface area contributed by atoms with E-state index in [4.69, 9.17) is 14.1 Å². The van der Waals surface area contributed by atoms with Crippen molar-refractivity contribution in [1.29, 1.82) is 0 Å². The van der Waals surface area contributed by atoms with E-state index in [1.165, 1.54) is 0 Å². The van der Waals surface area contributed by atoms with Crippen LogP contribution in [0.25, 0.3) is 45.2 Å². The fraction of sp³-hybridized carbons (Fsp3) is 0.105. The van der Waals surface area contributed by atoms with E-state index in [0.29, 0.717) is 5.89 Å². The van der Waals surface area contributed by atoms with Crippen LogP contribution in [0.15, 0.2) is 138 Å². The van der Waals surface area contributed by atoms with Crippen LogP contribution in [-0.4, -0.2) is 17.5 Å². The first kappa shape index (κ1) is 29.1. The SMILES string of the molecule is C.Cc1cccc(-c2nc(-c3ccccc3)c(-c3ccccc3)o2)c1-c1cccc(NCC(=O)OCc2ccccc2)c1. The summed E-state index contributed by atoms with van der Waals surface area (Å²) in [6.45, 7) is 2.40. The van der Waals surface area contributed by atoms with Crippen LogP contribution in [0.5, 0.6) is 0 Å². The number of esters is 1. The van der Waals surface area contributed by atoms with Crippen molar-refractivity contribution in [3.63, 3.8) is 0 Å². The van der Waals surface area contributed by atoms with E-state index in [9.17, 15) is 4.79 Å². The molecule has 1 aromatic heterocycles. The lowest BCUT2D eigenvalue weighted by Crippen LogP contribution is -2.16. The Bertz CT molecular complexity index is 1740. The maximum absolute atomic E-state index is 12.4. The number of aromatic nitrogens is 1. The topological polar surface area (TPSA) is 64.4 Å². The summed E-state index contributed by atoms with van der Waals surface area (Å²) in [5.41, 5.74) is 8.54. The van der Waals surface area contributed by atoms with Crippen molar-refractivity contribution in [3.05, 3.63) is 145 Å². The zero-order valence-electron chi connectivity index (χ0n) is 23.3. The molecule has 0 saturated carbocycles. The molecule has 6 aromatic rings. The molecule has 0 fully saturated rings. The van der Waals surface area contributed by atoms with Crippen LogP contribution in [-0.2, 0) is 16.1 Å². The molecule has 0 amide bonds. The summed E-state index contributed by atoms with van der Waals surface area (Å²) < 4.78 is 12.0. The Kier molecular flexibility index (Phi) is 9.13. The number of benzene rings is 5. The number of oxazole rings is 1. The zero-order valence-corrected chi connectivity index (χ0v) is 23.3. The van der Waals surface area contributed by atoms with Gasteiger partial charge >= 0.3 is 5.97 Å². The van der Waals surface area contributed by atoms with Crippen LogP contribution in [0.2, 0.25) is 0 Å². The number of carbonyl (C=O) groups is 1. The quantitative estimate of drug-likeness (QED) is 0.177. The van der Waals surface area contributed by atoms with E-state index < -0.39 is 0 Å². The Hall–Kier alpha value is -5.42. The molecule has 43 heavy (non-hydrogen) atoms. The van der Waals surface area contributed by atoms with Gasteiger partial charge in [0.1, 0.15) is 18.8 Å². The van der Waals surface area contributed by atoms with Gasteiger partial charge in [-0.1, -0.05) is 123 Å². The molecule has 5 heteroatoms. The lowest BCUT2D eigenvalue weighted by molar-refractivity contribution is -0.142. The smallest absolute Gasteiger partial charge is 0.325 e. The summed E-state index contributed by atoms with van der Waals surface area (Å²) in [7, 11) is 0. The molecule has 0 bridgehead atoms. The van der Waals surface area contributed by atoms with Crippen LogP contribution in [0, 0.1) is 6.92 Å². The molecule has 0 radical (unpaired) electrons. The van der Waals surface area contributed by atoms with E-state index in [1.54, 1.807) is 0 Å². The minimum absolute atomic E-state index is 0. The van der Waals surface area contributed by atoms with E-state index in [2.05, 4.69) is 24.4 Å². The van der Waals surface area contributed by atoms with Crippen LogP contribution < -0.4 is 5.32 Å². The molecular weight excluding hydrogens is 532 g/mol. The number of anilines is 1. The zero-order chi connectivity index (χ0) is 28.7. The van der Waals surface area contributed by atoms with Crippen LogP contribution in [0.3, 0.4) is 0 Å². The molecule has 0 saturated heterocycles. The maximum Gasteiger partial charge on any atom is 0.325 e. The van der Waals surface area contributed by atoms with Gasteiger partial charge in [0, 0.05) is 22.4 Å². The van der Waals surface area contributed by atoms with Gasteiger partial charge in [-0.15, -0.1) is 0 Å². The number of aryl methyl sites for hydroxylation is 1. The molecule has 0 aliphatic rings. The molecule has 0 atom stereocenters. The van der Waals surface area contributed by atoms with Gasteiger partial charge in [-0.05, 0) is 47.4 Å². The minimum atomic E-state index is -0.317. The fourth-order valence-corrected chi connectivity index (χ4v) is 4.99. The highest BCUT2D eigenvalue weighted by Crippen LogP contribution is 2.40. The van der Waals surface area contributed by atoms with Crippen LogP contribution in [0.1, 0.15) is 18.6 Å². The summed E-state index contributed by atoms with van der Waals surface area (Å²) in [5, 5.41) is 3.21. The first-order valence-corrected chi connectivity index (χ1v) is 13.9. The third-order valence-electron chi connectivity index (χ3n) is 7.04. The van der Waals surface area contributed by atoms with Crippen molar-refractivity contribution in [3.8, 4) is 45.2 Å². The molecule has 5 aromatic carbocycles. The van der Waals surface area contributed by atoms with Gasteiger partial charge in [0.25, 0.3) is 0 Å². The Morgan fingerprint density at radius 1 is 0.744 bits per heavy atom. The number of nitrogens with zero attached hydrogens (tertiary/aromatic N) is 1. The third kappa shape index (κ3) is 6.74. The highest BCUT2D eigenvalue weighted by Gasteiger charge is 2.21. The highest BCUT2D eigenvalue weighted by molar-refractivity contribution is 5.87. The molecule has 5 nitrogen and oxygen atoms in total. The van der Waals surface area contributed by atoms with Gasteiger partial charge in [0.2, 0.25) is 5.89 Å². The molecule has 0 aliphatic heterocycles. The number of carbonyl (C=O) groups excluding carboxylic acids is 1. The number of ether oxygens (including phenoxy) is 1. The molecule has 0 aliphatic carbocycles. The first-order valence-electron chi connectivity index (χ1n) is 13.9. The van der Waals surface area contributed by atoms with E-state index >= 15 is 0 Å². The van der Waals surface area contributed by atoms with Gasteiger partial charge in [0.15, 0.2) is 5.76 Å². The van der Waals surface area contributed by atoms with Crippen molar-refractivity contribution in [1.82, 2.24) is 4.98 Å². The molecule has 0 unspecified atom stereocenters. The normalized spacial score (nSPS) is 10.5. The van der Waals surface area contributed by atoms with Crippen molar-refractivity contribution in [2.75, 3.05) is 11.9 Å². The average Bonchev–Trinajstić information content (AvgIpc) is 3.50. The number of hydrogen-bond acceptors (Lipinski definition) is 5. The van der Waals surface area contributed by atoms with E-state index in [-0.39, 0.29) is 26.5 Å². The Morgan fingerprint density at radius 3 is 2.09 bits per heavy atom. The van der Waals surface area contributed by atoms with Crippen LogP contribution in [0.4, 0.5) is 5.69 Å². The molecule has 1 N–H and O–H groups in total. The lowest BCUT2D eigenvalue weighted by atomic mass is 9.94. The van der Waals surface area contributed by atoms with Gasteiger partial charge < -0.3 is 14.5 Å². The minimum Gasteiger partial charge on any atom is -0.460 e. The molecule has 6 rings (SSSR count). The van der Waals surface area contributed by atoms with Crippen molar-refractivity contribution in [2.24, 2.45) is 0 Å². The Balaban J connectivity index is 0.00000368. The Morgan fingerprint density at radius 2 is 1.37 bits per heavy atom. The maximum atomic E-state index is 12.4.